The van der Waals surface area contributed by atoms with E-state index in [1.54, 1.807) is 11.3 Å². The van der Waals surface area contributed by atoms with Crippen molar-refractivity contribution < 1.29 is 4.74 Å². The van der Waals surface area contributed by atoms with Gasteiger partial charge in [0.25, 0.3) is 0 Å². The third-order valence-corrected chi connectivity index (χ3v) is 4.39. The highest BCUT2D eigenvalue weighted by Crippen LogP contribution is 2.30. The Morgan fingerprint density at radius 3 is 2.94 bits per heavy atom. The molecular weight excluding hydrogens is 242 g/mol. The highest BCUT2D eigenvalue weighted by Gasteiger charge is 2.27. The van der Waals surface area contributed by atoms with Gasteiger partial charge in [0.1, 0.15) is 11.9 Å². The molecule has 0 radical (unpaired) electrons. The molecule has 2 aromatic rings. The van der Waals surface area contributed by atoms with E-state index in [-0.39, 0.29) is 12.1 Å². The van der Waals surface area contributed by atoms with E-state index in [1.807, 2.05) is 12.1 Å². The molecule has 2 unspecified atom stereocenters. The summed E-state index contributed by atoms with van der Waals surface area (Å²) < 4.78 is 5.92. The monoisotopic (exact) mass is 259 g/mol. The van der Waals surface area contributed by atoms with Crippen LogP contribution in [-0.2, 0) is 12.8 Å². The van der Waals surface area contributed by atoms with Gasteiger partial charge in [-0.05, 0) is 35.9 Å². The van der Waals surface area contributed by atoms with E-state index in [0.29, 0.717) is 0 Å². The number of para-hydroxylation sites is 1. The van der Waals surface area contributed by atoms with Gasteiger partial charge in [-0.2, -0.15) is 0 Å². The van der Waals surface area contributed by atoms with Gasteiger partial charge in [0.05, 0.1) is 0 Å². The first-order valence-corrected chi connectivity index (χ1v) is 7.23. The fourth-order valence-electron chi connectivity index (χ4n) is 2.40. The quantitative estimate of drug-likeness (QED) is 0.916. The number of aryl methyl sites for hydroxylation is 1. The van der Waals surface area contributed by atoms with Crippen molar-refractivity contribution in [2.45, 2.75) is 31.4 Å². The third kappa shape index (κ3) is 2.42. The van der Waals surface area contributed by atoms with Crippen LogP contribution in [0.5, 0.6) is 5.75 Å². The Morgan fingerprint density at radius 1 is 1.28 bits per heavy atom. The first kappa shape index (κ1) is 11.8. The first-order chi connectivity index (χ1) is 8.83. The topological polar surface area (TPSA) is 35.2 Å². The second-order valence-corrected chi connectivity index (χ2v) is 5.78. The summed E-state index contributed by atoms with van der Waals surface area (Å²) in [7, 11) is 0. The zero-order chi connectivity index (χ0) is 12.4. The van der Waals surface area contributed by atoms with Gasteiger partial charge in [-0.1, -0.05) is 24.3 Å². The zero-order valence-corrected chi connectivity index (χ0v) is 11.0. The zero-order valence-electron chi connectivity index (χ0n) is 10.2. The van der Waals surface area contributed by atoms with Crippen LogP contribution in [0.15, 0.2) is 41.8 Å². The highest BCUT2D eigenvalue weighted by atomic mass is 32.1. The first-order valence-electron chi connectivity index (χ1n) is 6.35. The van der Waals surface area contributed by atoms with E-state index in [1.165, 1.54) is 10.4 Å². The van der Waals surface area contributed by atoms with Gasteiger partial charge < -0.3 is 10.5 Å². The molecule has 2 nitrogen and oxygen atoms in total. The Balaban J connectivity index is 1.57. The number of hydrogen-bond donors (Lipinski definition) is 1. The van der Waals surface area contributed by atoms with Crippen LogP contribution in [0.2, 0.25) is 0 Å². The molecule has 2 heterocycles. The standard InChI is InChI=1S/C15H17NOS/c16-13(8-7-12-5-3-9-18-12)15-10-11-4-1-2-6-14(11)17-15/h1-6,9,13,15H,7-8,10,16H2. The summed E-state index contributed by atoms with van der Waals surface area (Å²) in [5.41, 5.74) is 7.54. The molecule has 0 fully saturated rings. The molecule has 0 aliphatic carbocycles. The predicted octanol–water partition coefficient (Wildman–Crippen LogP) is 3.01. The molecule has 1 aliphatic heterocycles. The van der Waals surface area contributed by atoms with E-state index in [4.69, 9.17) is 10.5 Å². The lowest BCUT2D eigenvalue weighted by Gasteiger charge is -2.18. The average molecular weight is 259 g/mol. The maximum Gasteiger partial charge on any atom is 0.123 e. The van der Waals surface area contributed by atoms with Crippen LogP contribution in [0.1, 0.15) is 16.9 Å². The van der Waals surface area contributed by atoms with Gasteiger partial charge >= 0.3 is 0 Å². The summed E-state index contributed by atoms with van der Waals surface area (Å²) in [4.78, 5) is 1.40. The average Bonchev–Trinajstić information content (AvgIpc) is 3.04. The third-order valence-electron chi connectivity index (χ3n) is 3.45. The van der Waals surface area contributed by atoms with Crippen LogP contribution in [0.3, 0.4) is 0 Å². The van der Waals surface area contributed by atoms with Crippen molar-refractivity contribution in [3.05, 3.63) is 52.2 Å². The number of nitrogens with two attached hydrogens (primary N) is 1. The van der Waals surface area contributed by atoms with Crippen molar-refractivity contribution in [3.63, 3.8) is 0 Å². The molecule has 94 valence electrons. The normalized spacial score (nSPS) is 19.3. The van der Waals surface area contributed by atoms with Crippen molar-refractivity contribution in [3.8, 4) is 5.75 Å². The fourth-order valence-corrected chi connectivity index (χ4v) is 3.12. The Kier molecular flexibility index (Phi) is 3.35. The second-order valence-electron chi connectivity index (χ2n) is 4.75. The summed E-state index contributed by atoms with van der Waals surface area (Å²) in [6, 6.07) is 12.6. The van der Waals surface area contributed by atoms with Crippen molar-refractivity contribution in [1.82, 2.24) is 0 Å². The molecule has 1 aromatic heterocycles. The van der Waals surface area contributed by atoms with Gasteiger partial charge in [-0.25, -0.2) is 0 Å². The van der Waals surface area contributed by atoms with Gasteiger partial charge in [-0.3, -0.25) is 0 Å². The lowest BCUT2D eigenvalue weighted by molar-refractivity contribution is 0.193. The summed E-state index contributed by atoms with van der Waals surface area (Å²) in [5, 5.41) is 2.11. The highest BCUT2D eigenvalue weighted by molar-refractivity contribution is 7.09. The van der Waals surface area contributed by atoms with Gasteiger partial charge in [0, 0.05) is 17.3 Å². The maximum atomic E-state index is 6.25. The van der Waals surface area contributed by atoms with E-state index >= 15 is 0 Å². The molecular formula is C15H17NOS. The van der Waals surface area contributed by atoms with Crippen LogP contribution in [0, 0.1) is 0 Å². The SMILES string of the molecule is NC(CCc1cccs1)C1Cc2ccccc2O1. The summed E-state index contributed by atoms with van der Waals surface area (Å²) in [6.07, 6.45) is 3.12. The molecule has 3 rings (SSSR count). The van der Waals surface area contributed by atoms with Crippen molar-refractivity contribution >= 4 is 11.3 Å². The number of ether oxygens (including phenoxy) is 1. The van der Waals surface area contributed by atoms with Crippen LogP contribution < -0.4 is 10.5 Å². The van der Waals surface area contributed by atoms with Crippen molar-refractivity contribution in [1.29, 1.82) is 0 Å². The smallest absolute Gasteiger partial charge is 0.123 e. The molecule has 0 amide bonds. The van der Waals surface area contributed by atoms with E-state index in [9.17, 15) is 0 Å². The molecule has 1 aromatic carbocycles. The Labute approximate surface area is 111 Å². The predicted molar refractivity (Wildman–Crippen MR) is 75.2 cm³/mol. The minimum Gasteiger partial charge on any atom is -0.488 e. The largest absolute Gasteiger partial charge is 0.488 e. The lowest BCUT2D eigenvalue weighted by atomic mass is 10.0. The van der Waals surface area contributed by atoms with Crippen LogP contribution in [-0.4, -0.2) is 12.1 Å². The Hall–Kier alpha value is -1.32. The molecule has 0 bridgehead atoms. The van der Waals surface area contributed by atoms with Gasteiger partial charge in [0.15, 0.2) is 0 Å². The molecule has 0 saturated heterocycles. The molecule has 1 aliphatic rings. The van der Waals surface area contributed by atoms with Crippen LogP contribution >= 0.6 is 11.3 Å². The van der Waals surface area contributed by atoms with Crippen LogP contribution in [0.4, 0.5) is 0 Å². The molecule has 2 N–H and O–H groups in total. The second kappa shape index (κ2) is 5.12. The van der Waals surface area contributed by atoms with Gasteiger partial charge in [-0.15, -0.1) is 11.3 Å². The fraction of sp³-hybridized carbons (Fsp3) is 0.333. The number of benzene rings is 1. The molecule has 3 heteroatoms. The molecule has 18 heavy (non-hydrogen) atoms. The number of fused-ring (bicyclic) bond motifs is 1. The van der Waals surface area contributed by atoms with Gasteiger partial charge in [0.2, 0.25) is 0 Å². The minimum atomic E-state index is 0.111. The number of thiophene rings is 1. The molecule has 0 saturated carbocycles. The minimum absolute atomic E-state index is 0.111. The molecule has 0 spiro atoms. The maximum absolute atomic E-state index is 6.25. The van der Waals surface area contributed by atoms with E-state index < -0.39 is 0 Å². The summed E-state index contributed by atoms with van der Waals surface area (Å²) >= 11 is 1.80. The van der Waals surface area contributed by atoms with Crippen molar-refractivity contribution in [2.75, 3.05) is 0 Å². The summed E-state index contributed by atoms with van der Waals surface area (Å²) in [6.45, 7) is 0. The van der Waals surface area contributed by atoms with Crippen LogP contribution in [0.25, 0.3) is 0 Å². The van der Waals surface area contributed by atoms with E-state index in [2.05, 4.69) is 29.6 Å². The Morgan fingerprint density at radius 2 is 2.17 bits per heavy atom. The Bertz CT molecular complexity index is 484. The summed E-state index contributed by atoms with van der Waals surface area (Å²) in [5.74, 6) is 1.01. The van der Waals surface area contributed by atoms with Crippen molar-refractivity contribution in [2.24, 2.45) is 5.73 Å². The number of rotatable bonds is 4. The van der Waals surface area contributed by atoms with E-state index in [0.717, 1.165) is 25.0 Å². The lowest BCUT2D eigenvalue weighted by Crippen LogP contribution is -2.38. The number of hydrogen-bond acceptors (Lipinski definition) is 3. The molecule has 2 atom stereocenters.